The van der Waals surface area contributed by atoms with E-state index in [1.54, 1.807) is 0 Å². The van der Waals surface area contributed by atoms with Gasteiger partial charge in [0.2, 0.25) is 0 Å². The van der Waals surface area contributed by atoms with Crippen molar-refractivity contribution in [2.75, 3.05) is 0 Å². The molecule has 4 aromatic heterocycles. The van der Waals surface area contributed by atoms with Gasteiger partial charge in [0.1, 0.15) is 0 Å². The van der Waals surface area contributed by atoms with Gasteiger partial charge < -0.3 is 18.3 Å². The lowest BCUT2D eigenvalue weighted by molar-refractivity contribution is 1.13. The zero-order valence-electron chi connectivity index (χ0n) is 50.1. The van der Waals surface area contributed by atoms with Crippen molar-refractivity contribution in [1.82, 2.24) is 18.3 Å². The van der Waals surface area contributed by atoms with E-state index in [4.69, 9.17) is 0 Å². The summed E-state index contributed by atoms with van der Waals surface area (Å²) >= 11 is 0. The molecule has 4 nitrogen and oxygen atoms in total. The number of fused-ring (bicyclic) bond motifs is 13. The van der Waals surface area contributed by atoms with Crippen molar-refractivity contribution >= 4 is 98.0 Å². The predicted molar refractivity (Wildman–Crippen MR) is 388 cm³/mol. The molecule has 4 heterocycles. The van der Waals surface area contributed by atoms with Crippen molar-refractivity contribution < 1.29 is 0 Å². The zero-order valence-corrected chi connectivity index (χ0v) is 50.1. The summed E-state index contributed by atoms with van der Waals surface area (Å²) in [5.41, 5.74) is 25.8. The molecule has 0 aliphatic rings. The van der Waals surface area contributed by atoms with Gasteiger partial charge in [-0.1, -0.05) is 231 Å². The van der Waals surface area contributed by atoms with Crippen molar-refractivity contribution in [3.8, 4) is 78.4 Å². The Kier molecular flexibility index (Phi) is 11.6. The molecule has 0 radical (unpaired) electrons. The van der Waals surface area contributed by atoms with Crippen LogP contribution in [0.3, 0.4) is 0 Å². The van der Waals surface area contributed by atoms with Crippen LogP contribution in [-0.4, -0.2) is 18.3 Å². The van der Waals surface area contributed by atoms with E-state index in [2.05, 4.69) is 358 Å². The highest BCUT2D eigenvalue weighted by Crippen LogP contribution is 2.44. The first-order valence-corrected chi connectivity index (χ1v) is 31.7. The van der Waals surface area contributed by atoms with Gasteiger partial charge in [-0.25, -0.2) is 0 Å². The van der Waals surface area contributed by atoms with E-state index < -0.39 is 0 Å². The average molecular weight is 1170 g/mol. The second-order valence-corrected chi connectivity index (χ2v) is 24.4. The minimum atomic E-state index is 1.11. The largest absolute Gasteiger partial charge is 0.309 e. The summed E-state index contributed by atoms with van der Waals surface area (Å²) in [6.07, 6.45) is 0. The third kappa shape index (κ3) is 8.10. The first kappa shape index (κ1) is 51.8. The Labute approximate surface area is 531 Å². The van der Waals surface area contributed by atoms with Crippen molar-refractivity contribution in [3.05, 3.63) is 340 Å². The van der Waals surface area contributed by atoms with Crippen LogP contribution in [0.5, 0.6) is 0 Å². The lowest BCUT2D eigenvalue weighted by Gasteiger charge is -2.18. The maximum Gasteiger partial charge on any atom is 0.0541 e. The molecule has 19 rings (SSSR count). The highest BCUT2D eigenvalue weighted by molar-refractivity contribution is 6.15. The Morgan fingerprint density at radius 1 is 0.130 bits per heavy atom. The maximum atomic E-state index is 2.45. The third-order valence-electron chi connectivity index (χ3n) is 19.3. The third-order valence-corrected chi connectivity index (χ3v) is 19.3. The lowest BCUT2D eigenvalue weighted by atomic mass is 9.90. The van der Waals surface area contributed by atoms with Crippen molar-refractivity contribution in [1.29, 1.82) is 0 Å². The highest BCUT2D eigenvalue weighted by atomic mass is 15.0. The number of benzene rings is 15. The van der Waals surface area contributed by atoms with E-state index in [1.807, 2.05) is 0 Å². The van der Waals surface area contributed by atoms with Crippen LogP contribution < -0.4 is 0 Å². The molecule has 0 fully saturated rings. The van der Waals surface area contributed by atoms with Gasteiger partial charge >= 0.3 is 0 Å². The molecule has 0 N–H and O–H groups in total. The molecule has 92 heavy (non-hydrogen) atoms. The molecule has 0 saturated heterocycles. The average Bonchev–Trinajstić information content (AvgIpc) is 1.25. The highest BCUT2D eigenvalue weighted by Gasteiger charge is 2.21. The molecule has 0 atom stereocenters. The molecule has 0 bridgehead atoms. The van der Waals surface area contributed by atoms with Crippen molar-refractivity contribution in [2.24, 2.45) is 0 Å². The van der Waals surface area contributed by atoms with Crippen molar-refractivity contribution in [3.63, 3.8) is 0 Å². The van der Waals surface area contributed by atoms with E-state index in [0.29, 0.717) is 0 Å². The molecule has 4 heteroatoms. The van der Waals surface area contributed by atoms with Gasteiger partial charge in [0.25, 0.3) is 0 Å². The van der Waals surface area contributed by atoms with E-state index >= 15 is 0 Å². The normalized spacial score (nSPS) is 11.9. The Bertz CT molecular complexity index is 5950. The molecular weight excluding hydrogens is 1110 g/mol. The minimum absolute atomic E-state index is 1.11. The van der Waals surface area contributed by atoms with E-state index in [-0.39, 0.29) is 0 Å². The Balaban J connectivity index is 0.695. The topological polar surface area (TPSA) is 19.7 Å². The van der Waals surface area contributed by atoms with E-state index in [1.165, 1.54) is 137 Å². The first-order chi connectivity index (χ1) is 45.6. The predicted octanol–water partition coefficient (Wildman–Crippen LogP) is 23.6. The summed E-state index contributed by atoms with van der Waals surface area (Å²) in [5.74, 6) is 0. The molecular formula is C88H56N4. The monoisotopic (exact) mass is 1170 g/mol. The van der Waals surface area contributed by atoms with Crippen molar-refractivity contribution in [2.45, 2.75) is 0 Å². The van der Waals surface area contributed by atoms with Crippen LogP contribution >= 0.6 is 0 Å². The van der Waals surface area contributed by atoms with Crippen LogP contribution in [0.1, 0.15) is 0 Å². The quantitative estimate of drug-likeness (QED) is 0.137. The standard InChI is InChI=1S/C88H56N4/c1-2-20-57(21-3-1)58-40-44-65(45-41-58)89-85-38-16-10-32-77(85)79-54-61(42-48-87(79)89)62-43-49-88-80(55-62)78-33-11-17-39-86(78)90(88)66-25-19-23-60(51-66)59-22-18-24-63(50-59)69-46-47-70(72-27-5-4-26-71(69)72)64-52-67(91-81-34-12-6-28-73(81)74-29-7-13-35-82(74)91)56-68(53-64)92-83-36-14-8-30-75(83)76-31-9-15-37-84(76)92/h1-56H. The fourth-order valence-corrected chi connectivity index (χ4v) is 15.2. The van der Waals surface area contributed by atoms with Gasteiger partial charge in [-0.05, 0) is 176 Å². The fourth-order valence-electron chi connectivity index (χ4n) is 15.2. The van der Waals surface area contributed by atoms with Gasteiger partial charge in [0, 0.05) is 65.8 Å². The molecule has 0 spiro atoms. The summed E-state index contributed by atoms with van der Waals surface area (Å²) in [5, 5.41) is 12.3. The summed E-state index contributed by atoms with van der Waals surface area (Å²) in [6.45, 7) is 0. The second kappa shape index (κ2) is 20.7. The number of hydrogen-bond donors (Lipinski definition) is 0. The first-order valence-electron chi connectivity index (χ1n) is 31.7. The summed E-state index contributed by atoms with van der Waals surface area (Å²) < 4.78 is 9.75. The minimum Gasteiger partial charge on any atom is -0.309 e. The smallest absolute Gasteiger partial charge is 0.0541 e. The molecule has 0 unspecified atom stereocenters. The number of aromatic nitrogens is 4. The molecule has 0 aliphatic carbocycles. The molecule has 0 amide bonds. The zero-order chi connectivity index (χ0) is 60.4. The number of hydrogen-bond acceptors (Lipinski definition) is 0. The maximum absolute atomic E-state index is 2.45. The molecule has 428 valence electrons. The van der Waals surface area contributed by atoms with Crippen LogP contribution in [0.2, 0.25) is 0 Å². The van der Waals surface area contributed by atoms with Gasteiger partial charge in [-0.15, -0.1) is 0 Å². The van der Waals surface area contributed by atoms with Gasteiger partial charge in [-0.2, -0.15) is 0 Å². The number of nitrogens with zero attached hydrogens (tertiary/aromatic N) is 4. The Morgan fingerprint density at radius 2 is 0.435 bits per heavy atom. The summed E-state index contributed by atoms with van der Waals surface area (Å²) in [7, 11) is 0. The van der Waals surface area contributed by atoms with E-state index in [9.17, 15) is 0 Å². The lowest BCUT2D eigenvalue weighted by Crippen LogP contribution is -2.00. The van der Waals surface area contributed by atoms with Crippen LogP contribution in [0.25, 0.3) is 176 Å². The van der Waals surface area contributed by atoms with Gasteiger partial charge in [0.05, 0.1) is 44.1 Å². The second-order valence-electron chi connectivity index (χ2n) is 24.4. The number of para-hydroxylation sites is 6. The van der Waals surface area contributed by atoms with Crippen LogP contribution in [0, 0.1) is 0 Å². The van der Waals surface area contributed by atoms with Gasteiger partial charge in [0.15, 0.2) is 0 Å². The molecule has 0 aliphatic heterocycles. The summed E-state index contributed by atoms with van der Waals surface area (Å²) in [4.78, 5) is 0. The molecule has 15 aromatic carbocycles. The number of rotatable bonds is 9. The van der Waals surface area contributed by atoms with Gasteiger partial charge in [-0.3, -0.25) is 0 Å². The van der Waals surface area contributed by atoms with Crippen LogP contribution in [-0.2, 0) is 0 Å². The van der Waals surface area contributed by atoms with E-state index in [0.717, 1.165) is 39.4 Å². The Morgan fingerprint density at radius 3 is 0.913 bits per heavy atom. The SMILES string of the molecule is c1ccc(-c2ccc(-n3c4ccccc4c4cc(-c5ccc6c(c5)c5ccccc5n6-c5cccc(-c6cccc(-c7ccc(-c8cc(-n9c%10ccccc%10c%10ccccc%109)cc(-n9c%10ccccc%10c%10ccccc%109)c8)c8ccccc78)c6)c5)ccc43)cc2)cc1. The molecule has 0 saturated carbocycles. The fraction of sp³-hybridized carbons (Fsp3) is 0. The summed E-state index contributed by atoms with van der Waals surface area (Å²) in [6, 6.07) is 125. The molecule has 19 aromatic rings. The van der Waals surface area contributed by atoms with Crippen LogP contribution in [0.4, 0.5) is 0 Å². The Hall–Kier alpha value is -12.2. The van der Waals surface area contributed by atoms with Crippen LogP contribution in [0.15, 0.2) is 340 Å².